The third-order valence-electron chi connectivity index (χ3n) is 8.21. The first-order valence-corrected chi connectivity index (χ1v) is 22.1. The topological polar surface area (TPSA) is 111 Å². The zero-order chi connectivity index (χ0) is 40.0. The normalized spacial score (nSPS) is 14.4. The number of allylic oxidation sites excluding steroid dienone is 12. The second-order valence-corrected chi connectivity index (χ2v) is 16.0. The van der Waals surface area contributed by atoms with E-state index in [1.807, 2.05) is 27.2 Å². The number of carbonyl (C=O) groups is 2. The van der Waals surface area contributed by atoms with Crippen LogP contribution in [0.2, 0.25) is 0 Å². The largest absolute Gasteiger partial charge is 0.756 e. The molecule has 0 heterocycles. The van der Waals surface area contributed by atoms with Crippen LogP contribution in [-0.2, 0) is 32.7 Å². The van der Waals surface area contributed by atoms with Gasteiger partial charge < -0.3 is 27.9 Å². The predicted molar refractivity (Wildman–Crippen MR) is 222 cm³/mol. The SMILES string of the molecule is CC/C=C\C/C=C\C/C=C\C/C=C\C/C=C\CCCC(=O)OC(COC(=O)CCCCCCC/C=C\CCCCCC)COP(=O)([O-])OCC[N+](C)(C)C. The van der Waals surface area contributed by atoms with Crippen molar-refractivity contribution in [1.82, 2.24) is 0 Å². The van der Waals surface area contributed by atoms with Crippen LogP contribution in [-0.4, -0.2) is 70.0 Å². The number of likely N-dealkylation sites (N-methyl/N-ethyl adjacent to an activating group) is 1. The molecule has 0 aromatic carbocycles. The molecule has 0 spiro atoms. The number of nitrogens with zero attached hydrogens (tertiary/aromatic N) is 1. The van der Waals surface area contributed by atoms with Crippen LogP contribution >= 0.6 is 7.82 Å². The first-order chi connectivity index (χ1) is 26.0. The van der Waals surface area contributed by atoms with E-state index >= 15 is 0 Å². The summed E-state index contributed by atoms with van der Waals surface area (Å²) in [4.78, 5) is 37.4. The Morgan fingerprint density at radius 2 is 1.07 bits per heavy atom. The Labute approximate surface area is 329 Å². The monoisotopic (exact) mass is 778 g/mol. The molecule has 0 rings (SSSR count). The Bertz CT molecular complexity index is 1150. The third kappa shape index (κ3) is 39.2. The maximum atomic E-state index is 12.6. The van der Waals surface area contributed by atoms with Gasteiger partial charge in [-0.2, -0.15) is 0 Å². The lowest BCUT2D eigenvalue weighted by Gasteiger charge is -2.28. The van der Waals surface area contributed by atoms with E-state index in [1.165, 1.54) is 32.1 Å². The van der Waals surface area contributed by atoms with Gasteiger partial charge in [0, 0.05) is 12.8 Å². The highest BCUT2D eigenvalue weighted by molar-refractivity contribution is 7.45. The molecule has 310 valence electrons. The van der Waals surface area contributed by atoms with Gasteiger partial charge in [0.15, 0.2) is 6.10 Å². The van der Waals surface area contributed by atoms with Gasteiger partial charge in [-0.05, 0) is 77.0 Å². The fourth-order valence-corrected chi connectivity index (χ4v) is 5.71. The van der Waals surface area contributed by atoms with Crippen molar-refractivity contribution < 1.29 is 42.1 Å². The smallest absolute Gasteiger partial charge is 0.306 e. The first-order valence-electron chi connectivity index (χ1n) is 20.6. The molecular formula is C44H76NO8P. The Hall–Kier alpha value is -2.55. The lowest BCUT2D eigenvalue weighted by atomic mass is 10.1. The number of carbonyl (C=O) groups excluding carboxylic acids is 2. The standard InChI is InChI=1S/C44H76NO8P/c1-6-8-10-12-14-16-18-20-21-22-23-25-27-29-31-33-35-37-44(47)53-42(41-52-54(48,49)51-39-38-45(3,4)5)40-50-43(46)36-34-32-30-28-26-24-19-17-15-13-11-9-7-2/h8,10,14,16-17,19-21,23,25,29,31,42H,6-7,9,11-13,15,18,22,24,26-28,30,32-41H2,1-5H3/b10-8-,16-14-,19-17-,21-20-,25-23-,31-29-. The Kier molecular flexibility index (Phi) is 34.4. The van der Waals surface area contributed by atoms with Crippen LogP contribution in [0.25, 0.3) is 0 Å². The van der Waals surface area contributed by atoms with Crippen LogP contribution in [0.15, 0.2) is 72.9 Å². The molecule has 0 bridgehead atoms. The molecule has 10 heteroatoms. The number of quaternary nitrogens is 1. The van der Waals surface area contributed by atoms with Crippen molar-refractivity contribution in [2.75, 3.05) is 47.5 Å². The molecule has 9 nitrogen and oxygen atoms in total. The van der Waals surface area contributed by atoms with Crippen molar-refractivity contribution >= 4 is 19.8 Å². The molecule has 0 amide bonds. The van der Waals surface area contributed by atoms with Crippen LogP contribution in [0.3, 0.4) is 0 Å². The molecule has 0 aliphatic heterocycles. The van der Waals surface area contributed by atoms with Crippen molar-refractivity contribution in [2.45, 2.75) is 148 Å². The maximum Gasteiger partial charge on any atom is 0.306 e. The minimum absolute atomic E-state index is 0.0463. The molecule has 0 saturated heterocycles. The average Bonchev–Trinajstić information content (AvgIpc) is 3.12. The molecule has 0 radical (unpaired) electrons. The second-order valence-electron chi connectivity index (χ2n) is 14.6. The van der Waals surface area contributed by atoms with Gasteiger partial charge in [-0.15, -0.1) is 0 Å². The van der Waals surface area contributed by atoms with E-state index in [0.29, 0.717) is 30.3 Å². The zero-order valence-electron chi connectivity index (χ0n) is 34.6. The lowest BCUT2D eigenvalue weighted by Crippen LogP contribution is -2.37. The summed E-state index contributed by atoms with van der Waals surface area (Å²) in [7, 11) is 1.11. The number of phosphoric acid groups is 1. The van der Waals surface area contributed by atoms with Gasteiger partial charge in [0.25, 0.3) is 7.82 Å². The highest BCUT2D eigenvalue weighted by Gasteiger charge is 2.21. The molecule has 0 fully saturated rings. The second kappa shape index (κ2) is 36.1. The van der Waals surface area contributed by atoms with Crippen molar-refractivity contribution in [3.8, 4) is 0 Å². The molecule has 0 aliphatic rings. The van der Waals surface area contributed by atoms with E-state index in [2.05, 4.69) is 80.7 Å². The summed E-state index contributed by atoms with van der Waals surface area (Å²) in [5, 5.41) is 0. The van der Waals surface area contributed by atoms with Crippen molar-refractivity contribution in [2.24, 2.45) is 0 Å². The summed E-state index contributed by atoms with van der Waals surface area (Å²) in [6.45, 7) is 3.99. The van der Waals surface area contributed by atoms with Gasteiger partial charge in [-0.1, -0.05) is 125 Å². The molecule has 0 saturated carbocycles. The minimum Gasteiger partial charge on any atom is -0.756 e. The lowest BCUT2D eigenvalue weighted by molar-refractivity contribution is -0.870. The van der Waals surface area contributed by atoms with E-state index < -0.39 is 32.5 Å². The predicted octanol–water partition coefficient (Wildman–Crippen LogP) is 10.8. The van der Waals surface area contributed by atoms with E-state index in [4.69, 9.17) is 18.5 Å². The van der Waals surface area contributed by atoms with E-state index in [9.17, 15) is 19.0 Å². The Balaban J connectivity index is 4.54. The molecule has 2 unspecified atom stereocenters. The van der Waals surface area contributed by atoms with Gasteiger partial charge in [0.1, 0.15) is 19.8 Å². The van der Waals surface area contributed by atoms with Gasteiger partial charge in [-0.25, -0.2) is 0 Å². The maximum absolute atomic E-state index is 12.6. The number of ether oxygens (including phenoxy) is 2. The van der Waals surface area contributed by atoms with E-state index in [0.717, 1.165) is 64.2 Å². The summed E-state index contributed by atoms with van der Waals surface area (Å²) in [6, 6.07) is 0. The van der Waals surface area contributed by atoms with Crippen molar-refractivity contribution in [1.29, 1.82) is 0 Å². The summed E-state index contributed by atoms with van der Waals surface area (Å²) in [6.07, 6.45) is 43.6. The van der Waals surface area contributed by atoms with Crippen LogP contribution in [0.1, 0.15) is 142 Å². The van der Waals surface area contributed by atoms with Gasteiger partial charge in [-0.3, -0.25) is 14.2 Å². The summed E-state index contributed by atoms with van der Waals surface area (Å²) >= 11 is 0. The highest BCUT2D eigenvalue weighted by Crippen LogP contribution is 2.38. The summed E-state index contributed by atoms with van der Waals surface area (Å²) < 4.78 is 33.7. The molecule has 54 heavy (non-hydrogen) atoms. The average molecular weight is 778 g/mol. The number of hydrogen-bond acceptors (Lipinski definition) is 8. The fraction of sp³-hybridized carbons (Fsp3) is 0.682. The molecule has 0 N–H and O–H groups in total. The third-order valence-corrected chi connectivity index (χ3v) is 9.17. The van der Waals surface area contributed by atoms with Gasteiger partial charge in [0.2, 0.25) is 0 Å². The van der Waals surface area contributed by atoms with Crippen molar-refractivity contribution in [3.05, 3.63) is 72.9 Å². The van der Waals surface area contributed by atoms with Crippen LogP contribution in [0.5, 0.6) is 0 Å². The summed E-state index contributed by atoms with van der Waals surface area (Å²) in [5.41, 5.74) is 0. The number of esters is 2. The number of rotatable bonds is 36. The number of hydrogen-bond donors (Lipinski definition) is 0. The Morgan fingerprint density at radius 1 is 0.593 bits per heavy atom. The van der Waals surface area contributed by atoms with Crippen LogP contribution in [0.4, 0.5) is 0 Å². The molecular weight excluding hydrogens is 701 g/mol. The number of phosphoric ester groups is 1. The highest BCUT2D eigenvalue weighted by atomic mass is 31.2. The van der Waals surface area contributed by atoms with Crippen LogP contribution < -0.4 is 4.89 Å². The molecule has 0 aromatic heterocycles. The van der Waals surface area contributed by atoms with Gasteiger partial charge in [0.05, 0.1) is 27.7 Å². The molecule has 2 atom stereocenters. The van der Waals surface area contributed by atoms with Crippen LogP contribution in [0, 0.1) is 0 Å². The van der Waals surface area contributed by atoms with Gasteiger partial charge >= 0.3 is 11.9 Å². The zero-order valence-corrected chi connectivity index (χ0v) is 35.5. The number of unbranched alkanes of at least 4 members (excludes halogenated alkanes) is 10. The van der Waals surface area contributed by atoms with Crippen molar-refractivity contribution in [3.63, 3.8) is 0 Å². The minimum atomic E-state index is -4.64. The quantitative estimate of drug-likeness (QED) is 0.0203. The first kappa shape index (κ1) is 51.5. The van der Waals surface area contributed by atoms with E-state index in [-0.39, 0.29) is 26.1 Å². The van der Waals surface area contributed by atoms with E-state index in [1.54, 1.807) is 0 Å². The fourth-order valence-electron chi connectivity index (χ4n) is 4.98. The molecule has 0 aliphatic carbocycles. The molecule has 0 aromatic rings. The summed E-state index contributed by atoms with van der Waals surface area (Å²) in [5.74, 6) is -0.921. The Morgan fingerprint density at radius 3 is 1.65 bits per heavy atom.